The van der Waals surface area contributed by atoms with Gasteiger partial charge in [0.2, 0.25) is 5.78 Å². The zero-order chi connectivity index (χ0) is 25.0. The van der Waals surface area contributed by atoms with Crippen LogP contribution in [0.2, 0.25) is 0 Å². The molecule has 1 amide bonds. The molecule has 1 aromatic carbocycles. The molecule has 1 unspecified atom stereocenters. The van der Waals surface area contributed by atoms with Crippen molar-refractivity contribution in [3.8, 4) is 11.5 Å². The standard InChI is InChI=1S/C25H33N3O5S/c1-7-8-13-33-18-10-9-17(14-19(18)32-6)21-20(22(29)24-15(2)26-16(3)34-24)23(30)25(31)28(21)12-11-27(4)5/h9-10,14,21,30H,7-8,11-13H2,1-6H3. The SMILES string of the molecule is CCCCOc1ccc(C2C(C(=O)c3sc(C)nc3C)=C(O)C(=O)N2CCN(C)C)cc1OC. The molecule has 2 heterocycles. The normalized spacial score (nSPS) is 16.0. The first-order chi connectivity index (χ1) is 16.2. The molecule has 1 N–H and O–H groups in total. The second kappa shape index (κ2) is 11.0. The number of hydrogen-bond acceptors (Lipinski definition) is 8. The lowest BCUT2D eigenvalue weighted by atomic mass is 9.94. The predicted octanol–water partition coefficient (Wildman–Crippen LogP) is 4.09. The molecule has 0 saturated heterocycles. The summed E-state index contributed by atoms with van der Waals surface area (Å²) in [6, 6.07) is 4.64. The number of amides is 1. The first kappa shape index (κ1) is 25.7. The van der Waals surface area contributed by atoms with Crippen molar-refractivity contribution in [3.05, 3.63) is 50.7 Å². The molecule has 8 nitrogen and oxygen atoms in total. The van der Waals surface area contributed by atoms with Gasteiger partial charge in [0.1, 0.15) is 0 Å². The topological polar surface area (TPSA) is 92.2 Å². The Kier molecular flexibility index (Phi) is 8.33. The number of aromatic nitrogens is 1. The van der Waals surface area contributed by atoms with Crippen LogP contribution in [0.3, 0.4) is 0 Å². The maximum atomic E-state index is 13.6. The van der Waals surface area contributed by atoms with Gasteiger partial charge in [0.25, 0.3) is 5.91 Å². The molecular weight excluding hydrogens is 454 g/mol. The summed E-state index contributed by atoms with van der Waals surface area (Å²) in [6.07, 6.45) is 1.93. The number of ketones is 1. The van der Waals surface area contributed by atoms with Crippen molar-refractivity contribution in [1.29, 1.82) is 0 Å². The zero-order valence-corrected chi connectivity index (χ0v) is 21.5. The number of ether oxygens (including phenoxy) is 2. The fourth-order valence-electron chi connectivity index (χ4n) is 3.93. The van der Waals surface area contributed by atoms with E-state index in [1.807, 2.05) is 32.0 Å². The fourth-order valence-corrected chi connectivity index (χ4v) is 4.81. The van der Waals surface area contributed by atoms with Crippen LogP contribution in [0, 0.1) is 13.8 Å². The number of methoxy groups -OCH3 is 1. The van der Waals surface area contributed by atoms with Crippen molar-refractivity contribution in [2.24, 2.45) is 0 Å². The minimum Gasteiger partial charge on any atom is -0.503 e. The van der Waals surface area contributed by atoms with Gasteiger partial charge >= 0.3 is 0 Å². The number of aryl methyl sites for hydroxylation is 2. The summed E-state index contributed by atoms with van der Waals surface area (Å²) in [5.74, 6) is -0.346. The average Bonchev–Trinajstić information content (AvgIpc) is 3.27. The number of hydrogen-bond donors (Lipinski definition) is 1. The number of carbonyl (C=O) groups is 2. The van der Waals surface area contributed by atoms with Crippen LogP contribution in [0.5, 0.6) is 11.5 Å². The van der Waals surface area contributed by atoms with Gasteiger partial charge in [0, 0.05) is 13.1 Å². The van der Waals surface area contributed by atoms with Gasteiger partial charge in [-0.05, 0) is 52.1 Å². The number of benzene rings is 1. The number of likely N-dealkylation sites (N-methyl/N-ethyl adjacent to an activating group) is 1. The molecule has 34 heavy (non-hydrogen) atoms. The second-order valence-electron chi connectivity index (χ2n) is 8.56. The fraction of sp³-hybridized carbons (Fsp3) is 0.480. The third-order valence-electron chi connectivity index (χ3n) is 5.71. The first-order valence-electron chi connectivity index (χ1n) is 11.4. The minimum absolute atomic E-state index is 0.0669. The molecule has 9 heteroatoms. The Morgan fingerprint density at radius 3 is 2.59 bits per heavy atom. The lowest BCUT2D eigenvalue weighted by molar-refractivity contribution is -0.129. The van der Waals surface area contributed by atoms with Crippen molar-refractivity contribution in [3.63, 3.8) is 0 Å². The zero-order valence-electron chi connectivity index (χ0n) is 20.7. The summed E-state index contributed by atoms with van der Waals surface area (Å²) in [4.78, 5) is 35.0. The van der Waals surface area contributed by atoms with Gasteiger partial charge in [-0.1, -0.05) is 19.4 Å². The van der Waals surface area contributed by atoms with Crippen LogP contribution in [-0.4, -0.2) is 72.5 Å². The molecule has 1 aliphatic rings. The van der Waals surface area contributed by atoms with Crippen LogP contribution >= 0.6 is 11.3 Å². The molecule has 1 aliphatic heterocycles. The molecule has 0 aliphatic carbocycles. The summed E-state index contributed by atoms with van der Waals surface area (Å²) < 4.78 is 11.4. The van der Waals surface area contributed by atoms with Gasteiger partial charge in [-0.2, -0.15) is 0 Å². The van der Waals surface area contributed by atoms with Crippen LogP contribution in [0.1, 0.15) is 51.7 Å². The molecule has 0 radical (unpaired) electrons. The molecule has 184 valence electrons. The molecule has 2 aromatic rings. The van der Waals surface area contributed by atoms with E-state index in [1.54, 1.807) is 26.2 Å². The molecule has 1 aromatic heterocycles. The molecule has 0 spiro atoms. The highest BCUT2D eigenvalue weighted by Crippen LogP contribution is 2.42. The van der Waals surface area contributed by atoms with Crippen molar-refractivity contribution in [2.75, 3.05) is 40.9 Å². The van der Waals surface area contributed by atoms with Gasteiger partial charge in [0.05, 0.1) is 40.9 Å². The third kappa shape index (κ3) is 5.26. The quantitative estimate of drug-likeness (QED) is 0.377. The number of rotatable bonds is 11. The molecule has 3 rings (SSSR count). The summed E-state index contributed by atoms with van der Waals surface area (Å²) in [6.45, 7) is 7.16. The van der Waals surface area contributed by atoms with Crippen LogP contribution in [-0.2, 0) is 4.79 Å². The van der Waals surface area contributed by atoms with Crippen LogP contribution < -0.4 is 9.47 Å². The Bertz CT molecular complexity index is 1090. The Morgan fingerprint density at radius 1 is 1.26 bits per heavy atom. The molecular formula is C25H33N3O5S. The van der Waals surface area contributed by atoms with Gasteiger partial charge < -0.3 is 24.4 Å². The number of aliphatic hydroxyl groups excluding tert-OH is 1. The summed E-state index contributed by atoms with van der Waals surface area (Å²) in [5, 5.41) is 11.6. The average molecular weight is 488 g/mol. The van der Waals surface area contributed by atoms with Gasteiger partial charge in [0.15, 0.2) is 17.3 Å². The maximum Gasteiger partial charge on any atom is 0.290 e. The van der Waals surface area contributed by atoms with E-state index in [-0.39, 0.29) is 11.4 Å². The van der Waals surface area contributed by atoms with E-state index in [1.165, 1.54) is 16.2 Å². The Labute approximate surface area is 204 Å². The monoisotopic (exact) mass is 487 g/mol. The van der Waals surface area contributed by atoms with Gasteiger partial charge in [-0.15, -0.1) is 11.3 Å². The maximum absolute atomic E-state index is 13.6. The lowest BCUT2D eigenvalue weighted by Gasteiger charge is -2.28. The summed E-state index contributed by atoms with van der Waals surface area (Å²) >= 11 is 1.26. The molecule has 0 saturated carbocycles. The highest BCUT2D eigenvalue weighted by atomic mass is 32.1. The lowest BCUT2D eigenvalue weighted by Crippen LogP contribution is -2.36. The third-order valence-corrected chi connectivity index (χ3v) is 6.78. The van der Waals surface area contributed by atoms with Crippen molar-refractivity contribution in [1.82, 2.24) is 14.8 Å². The number of carbonyl (C=O) groups excluding carboxylic acids is 2. The van der Waals surface area contributed by atoms with E-state index in [2.05, 4.69) is 11.9 Å². The smallest absolute Gasteiger partial charge is 0.290 e. The summed E-state index contributed by atoms with van der Waals surface area (Å²) in [5.41, 5.74) is 1.32. The second-order valence-corrected chi connectivity index (χ2v) is 9.76. The van der Waals surface area contributed by atoms with E-state index in [9.17, 15) is 14.7 Å². The Morgan fingerprint density at radius 2 is 2.00 bits per heavy atom. The first-order valence-corrected chi connectivity index (χ1v) is 12.2. The number of nitrogens with zero attached hydrogens (tertiary/aromatic N) is 3. The van der Waals surface area contributed by atoms with E-state index in [0.29, 0.717) is 47.3 Å². The van der Waals surface area contributed by atoms with E-state index in [4.69, 9.17) is 9.47 Å². The van der Waals surface area contributed by atoms with Crippen molar-refractivity contribution in [2.45, 2.75) is 39.7 Å². The minimum atomic E-state index is -0.750. The highest BCUT2D eigenvalue weighted by Gasteiger charge is 2.44. The number of Topliss-reactive ketones (excluding diaryl/α,β-unsaturated/α-hetero) is 1. The highest BCUT2D eigenvalue weighted by molar-refractivity contribution is 7.14. The van der Waals surface area contributed by atoms with Crippen LogP contribution in [0.4, 0.5) is 0 Å². The van der Waals surface area contributed by atoms with Gasteiger partial charge in [-0.25, -0.2) is 4.98 Å². The van der Waals surface area contributed by atoms with Gasteiger partial charge in [-0.3, -0.25) is 9.59 Å². The molecule has 0 fully saturated rings. The predicted molar refractivity (Wildman–Crippen MR) is 132 cm³/mol. The van der Waals surface area contributed by atoms with Crippen molar-refractivity contribution >= 4 is 23.0 Å². The Hall–Kier alpha value is -2.91. The number of aliphatic hydroxyl groups is 1. The van der Waals surface area contributed by atoms with Crippen molar-refractivity contribution < 1.29 is 24.2 Å². The summed E-state index contributed by atoms with van der Waals surface area (Å²) in [7, 11) is 5.37. The molecule has 1 atom stereocenters. The van der Waals surface area contributed by atoms with E-state index >= 15 is 0 Å². The van der Waals surface area contributed by atoms with E-state index in [0.717, 1.165) is 17.8 Å². The number of unbranched alkanes of at least 4 members (excludes halogenated alkanes) is 1. The Balaban J connectivity index is 2.07. The molecule has 0 bridgehead atoms. The van der Waals surface area contributed by atoms with Crippen LogP contribution in [0.25, 0.3) is 0 Å². The largest absolute Gasteiger partial charge is 0.503 e. The van der Waals surface area contributed by atoms with Crippen LogP contribution in [0.15, 0.2) is 29.5 Å². The van der Waals surface area contributed by atoms with E-state index < -0.39 is 17.7 Å². The number of thiazole rings is 1.